The van der Waals surface area contributed by atoms with Crippen LogP contribution in [0, 0.1) is 5.92 Å². The fourth-order valence-electron chi connectivity index (χ4n) is 2.17. The Morgan fingerprint density at radius 1 is 0.800 bits per heavy atom. The van der Waals surface area contributed by atoms with E-state index in [-0.39, 0.29) is 5.75 Å². The summed E-state index contributed by atoms with van der Waals surface area (Å²) in [6.45, 7) is 3.03. The molecule has 13 nitrogen and oxygen atoms in total. The maximum absolute atomic E-state index is 12.5. The average Bonchev–Trinajstić information content (AvgIpc) is 2.62. The molecule has 0 aromatic carbocycles. The Labute approximate surface area is 177 Å². The lowest BCUT2D eigenvalue weighted by atomic mass is 10.0. The van der Waals surface area contributed by atoms with Crippen molar-refractivity contribution >= 4 is 48.3 Å². The molecule has 0 aromatic heterocycles. The van der Waals surface area contributed by atoms with E-state index in [4.69, 9.17) is 21.1 Å². The molecule has 0 bridgehead atoms. The maximum Gasteiger partial charge on any atom is 0.326 e. The number of thiol groups is 1. The molecule has 0 radical (unpaired) electrons. The second-order valence-electron chi connectivity index (χ2n) is 6.68. The van der Waals surface area contributed by atoms with Crippen molar-refractivity contribution in [1.82, 2.24) is 16.0 Å². The summed E-state index contributed by atoms with van der Waals surface area (Å²) >= 11 is 3.83. The van der Waals surface area contributed by atoms with E-state index in [0.717, 1.165) is 0 Å². The number of amides is 3. The van der Waals surface area contributed by atoms with Crippen molar-refractivity contribution in [3.05, 3.63) is 0 Å². The van der Waals surface area contributed by atoms with Gasteiger partial charge >= 0.3 is 17.9 Å². The molecule has 0 aliphatic rings. The summed E-state index contributed by atoms with van der Waals surface area (Å²) < 4.78 is 0. The van der Waals surface area contributed by atoms with E-state index in [1.54, 1.807) is 0 Å². The molecule has 0 aliphatic carbocycles. The number of hydrogen-bond donors (Lipinski definition) is 8. The number of carbonyl (C=O) groups is 6. The van der Waals surface area contributed by atoms with Gasteiger partial charge in [-0.05, 0) is 5.92 Å². The topological polar surface area (TPSA) is 225 Å². The van der Waals surface area contributed by atoms with Crippen LogP contribution in [0.1, 0.15) is 26.7 Å². The highest BCUT2D eigenvalue weighted by molar-refractivity contribution is 7.80. The molecule has 0 fully saturated rings. The molecule has 3 amide bonds. The number of carbonyl (C=O) groups excluding carboxylic acids is 3. The number of aliphatic carboxylic acids is 3. The number of hydrogen-bond acceptors (Lipinski definition) is 8. The minimum atomic E-state index is -1.74. The Hall–Kier alpha value is -2.87. The molecule has 4 atom stereocenters. The second-order valence-corrected chi connectivity index (χ2v) is 7.04. The van der Waals surface area contributed by atoms with Gasteiger partial charge in [0.05, 0.1) is 18.9 Å². The zero-order valence-corrected chi connectivity index (χ0v) is 17.2. The monoisotopic (exact) mass is 450 g/mol. The van der Waals surface area contributed by atoms with Crippen LogP contribution >= 0.6 is 12.6 Å². The predicted molar refractivity (Wildman–Crippen MR) is 105 cm³/mol. The first-order valence-electron chi connectivity index (χ1n) is 8.74. The van der Waals surface area contributed by atoms with Crippen molar-refractivity contribution in [3.63, 3.8) is 0 Å². The third-order valence-corrected chi connectivity index (χ3v) is 4.18. The average molecular weight is 450 g/mol. The molecule has 0 spiro atoms. The zero-order valence-electron chi connectivity index (χ0n) is 16.3. The lowest BCUT2D eigenvalue weighted by molar-refractivity contribution is -0.147. The molecule has 0 saturated carbocycles. The highest BCUT2D eigenvalue weighted by Gasteiger charge is 2.33. The van der Waals surface area contributed by atoms with Crippen LogP contribution in [0.5, 0.6) is 0 Å². The molecule has 0 rings (SSSR count). The summed E-state index contributed by atoms with van der Waals surface area (Å²) in [4.78, 5) is 69.7. The summed E-state index contributed by atoms with van der Waals surface area (Å²) in [7, 11) is 0. The van der Waals surface area contributed by atoms with E-state index >= 15 is 0 Å². The number of carboxylic acid groups (broad SMARTS) is 3. The van der Waals surface area contributed by atoms with Crippen molar-refractivity contribution in [2.24, 2.45) is 11.7 Å². The Morgan fingerprint density at radius 3 is 1.67 bits per heavy atom. The van der Waals surface area contributed by atoms with Gasteiger partial charge in [-0.3, -0.25) is 24.0 Å². The molecule has 170 valence electrons. The third-order valence-electron chi connectivity index (χ3n) is 3.79. The second kappa shape index (κ2) is 12.6. The summed E-state index contributed by atoms with van der Waals surface area (Å²) in [5.41, 5.74) is 5.48. The first-order valence-corrected chi connectivity index (χ1v) is 9.37. The molecule has 14 heteroatoms. The van der Waals surface area contributed by atoms with Crippen LogP contribution < -0.4 is 21.7 Å². The fourth-order valence-corrected chi connectivity index (χ4v) is 2.34. The van der Waals surface area contributed by atoms with Crippen LogP contribution in [-0.4, -0.2) is 80.9 Å². The first-order chi connectivity index (χ1) is 13.8. The van der Waals surface area contributed by atoms with Gasteiger partial charge in [0.2, 0.25) is 17.7 Å². The van der Waals surface area contributed by atoms with Crippen LogP contribution in [0.4, 0.5) is 0 Å². The van der Waals surface area contributed by atoms with Gasteiger partial charge in [0.15, 0.2) is 0 Å². The van der Waals surface area contributed by atoms with Crippen molar-refractivity contribution in [2.75, 3.05) is 5.75 Å². The number of nitrogens with two attached hydrogens (primary N) is 1. The van der Waals surface area contributed by atoms with E-state index in [2.05, 4.69) is 23.3 Å². The standard InChI is InChI=1S/C16H26N4O9S/c1-6(2)12(15(27)19-9(16(28)29)4-11(23)24)20-14(26)8(3-10(21)22)18-13(25)7(17)5-30/h6-9,12,30H,3-5,17H2,1-2H3,(H,18,25)(H,19,27)(H,20,26)(H,21,22)(H,23,24)(H,28,29). The van der Waals surface area contributed by atoms with Gasteiger partial charge in [0, 0.05) is 5.75 Å². The smallest absolute Gasteiger partial charge is 0.326 e. The van der Waals surface area contributed by atoms with Gasteiger partial charge < -0.3 is 37.0 Å². The molecule has 0 aliphatic heterocycles. The summed E-state index contributed by atoms with van der Waals surface area (Å²) in [6, 6.07) is -5.74. The third kappa shape index (κ3) is 9.56. The fraction of sp³-hybridized carbons (Fsp3) is 0.625. The number of nitrogens with one attached hydrogen (secondary N) is 3. The van der Waals surface area contributed by atoms with Crippen LogP contribution in [0.2, 0.25) is 0 Å². The maximum atomic E-state index is 12.5. The Balaban J connectivity index is 5.42. The van der Waals surface area contributed by atoms with Crippen LogP contribution in [0.15, 0.2) is 0 Å². The van der Waals surface area contributed by atoms with E-state index < -0.39 is 78.6 Å². The minimum Gasteiger partial charge on any atom is -0.481 e. The van der Waals surface area contributed by atoms with Gasteiger partial charge in [0.25, 0.3) is 0 Å². The van der Waals surface area contributed by atoms with E-state index in [1.807, 2.05) is 5.32 Å². The van der Waals surface area contributed by atoms with Crippen LogP contribution in [0.25, 0.3) is 0 Å². The Kier molecular flexibility index (Phi) is 11.4. The lowest BCUT2D eigenvalue weighted by Gasteiger charge is -2.26. The summed E-state index contributed by atoms with van der Waals surface area (Å²) in [5.74, 6) is -7.94. The number of rotatable bonds is 13. The van der Waals surface area contributed by atoms with Gasteiger partial charge in [-0.15, -0.1) is 0 Å². The molecular formula is C16H26N4O9S. The zero-order chi connectivity index (χ0) is 23.6. The van der Waals surface area contributed by atoms with Gasteiger partial charge in [0.1, 0.15) is 18.1 Å². The van der Waals surface area contributed by atoms with Crippen molar-refractivity contribution in [2.45, 2.75) is 50.9 Å². The van der Waals surface area contributed by atoms with Gasteiger partial charge in [-0.25, -0.2) is 4.79 Å². The van der Waals surface area contributed by atoms with Crippen LogP contribution in [0.3, 0.4) is 0 Å². The molecule has 0 saturated heterocycles. The van der Waals surface area contributed by atoms with Crippen molar-refractivity contribution < 1.29 is 44.1 Å². The van der Waals surface area contributed by atoms with Crippen LogP contribution in [-0.2, 0) is 28.8 Å². The van der Waals surface area contributed by atoms with Gasteiger partial charge in [-0.2, -0.15) is 12.6 Å². The number of carboxylic acids is 3. The van der Waals surface area contributed by atoms with E-state index in [9.17, 15) is 28.8 Å². The van der Waals surface area contributed by atoms with Crippen molar-refractivity contribution in [3.8, 4) is 0 Å². The molecule has 0 aromatic rings. The normalized spacial score (nSPS) is 14.7. The highest BCUT2D eigenvalue weighted by Crippen LogP contribution is 2.06. The molecule has 0 heterocycles. The first kappa shape index (κ1) is 27.1. The Morgan fingerprint density at radius 2 is 1.27 bits per heavy atom. The Bertz CT molecular complexity index is 686. The van der Waals surface area contributed by atoms with Gasteiger partial charge in [-0.1, -0.05) is 13.8 Å². The van der Waals surface area contributed by atoms with Crippen molar-refractivity contribution in [1.29, 1.82) is 0 Å². The SMILES string of the molecule is CC(C)C(NC(=O)C(CC(=O)O)NC(=O)C(N)CS)C(=O)NC(CC(=O)O)C(=O)O. The molecule has 30 heavy (non-hydrogen) atoms. The quantitative estimate of drug-likeness (QED) is 0.136. The van der Waals surface area contributed by atoms with E-state index in [1.165, 1.54) is 13.8 Å². The largest absolute Gasteiger partial charge is 0.481 e. The molecule has 8 N–H and O–H groups in total. The summed E-state index contributed by atoms with van der Waals surface area (Å²) in [5, 5.41) is 33.2. The highest BCUT2D eigenvalue weighted by atomic mass is 32.1. The molecular weight excluding hydrogens is 424 g/mol. The predicted octanol–water partition coefficient (Wildman–Crippen LogP) is -2.61. The summed E-state index contributed by atoms with van der Waals surface area (Å²) in [6.07, 6.45) is -1.70. The van der Waals surface area contributed by atoms with E-state index in [0.29, 0.717) is 0 Å². The lowest BCUT2D eigenvalue weighted by Crippen LogP contribution is -2.59. The molecule has 4 unspecified atom stereocenters. The minimum absolute atomic E-state index is 0.0651.